The van der Waals surface area contributed by atoms with Crippen LogP contribution in [0.25, 0.3) is 0 Å². The average Bonchev–Trinajstić information content (AvgIpc) is 2.54. The van der Waals surface area contributed by atoms with Crippen LogP contribution < -0.4 is 11.5 Å². The summed E-state index contributed by atoms with van der Waals surface area (Å²) in [5.41, 5.74) is 3.02. The molecule has 0 amide bonds. The van der Waals surface area contributed by atoms with Crippen molar-refractivity contribution >= 4 is 7.85 Å². The molecule has 17 heavy (non-hydrogen) atoms. The number of aromatic nitrogens is 2. The molecule has 2 rings (SSSR count). The number of nitrogen functional groups attached to an aromatic ring is 1. The maximum atomic E-state index is 6.27. The second-order valence-corrected chi connectivity index (χ2v) is 4.52. The molecule has 1 atom stereocenters. The summed E-state index contributed by atoms with van der Waals surface area (Å²) in [6.07, 6.45) is 3.12. The van der Waals surface area contributed by atoms with E-state index < -0.39 is 0 Å². The Balaban J connectivity index is 0.000000686. The van der Waals surface area contributed by atoms with Crippen LogP contribution in [0.1, 0.15) is 45.0 Å². The molecule has 0 spiro atoms. The molecule has 0 bridgehead atoms. The van der Waals surface area contributed by atoms with E-state index in [0.717, 1.165) is 30.6 Å². The molecule has 0 aromatic carbocycles. The molecule has 1 heterocycles. The minimum atomic E-state index is -0.330. The highest BCUT2D eigenvalue weighted by Gasteiger charge is 2.32. The zero-order valence-corrected chi connectivity index (χ0v) is 11.6. The maximum Gasteiger partial charge on any atom is 0.223 e. The van der Waals surface area contributed by atoms with Gasteiger partial charge in [0.15, 0.2) is 0 Å². The highest BCUT2D eigenvalue weighted by atomic mass is 15.4. The van der Waals surface area contributed by atoms with Crippen LogP contribution in [0.2, 0.25) is 0 Å². The topological polar surface area (TPSA) is 48.2 Å². The molecule has 1 unspecified atom stereocenters. The first kappa shape index (κ1) is 13.9. The van der Waals surface area contributed by atoms with E-state index >= 15 is 0 Å². The van der Waals surface area contributed by atoms with Crippen LogP contribution in [0.5, 0.6) is 0 Å². The molecular formula is C12H23BN4. The van der Waals surface area contributed by atoms with Crippen LogP contribution in [0, 0.1) is 0 Å². The summed E-state index contributed by atoms with van der Waals surface area (Å²) < 4.78 is 3.67. The molecule has 2 N–H and O–H groups in total. The summed E-state index contributed by atoms with van der Waals surface area (Å²) in [7, 11) is 10.0. The number of rotatable bonds is 0. The van der Waals surface area contributed by atoms with E-state index in [1.54, 1.807) is 11.7 Å². The average molecular weight is 234 g/mol. The third-order valence-electron chi connectivity index (χ3n) is 3.29. The SMILES string of the molecule is CC.[B]C1(C)CCCc2c1n(N)c(=NC)n2C. The summed E-state index contributed by atoms with van der Waals surface area (Å²) in [5.74, 6) is 6.03. The van der Waals surface area contributed by atoms with E-state index in [1.165, 1.54) is 5.69 Å². The predicted octanol–water partition coefficient (Wildman–Crippen LogP) is 0.817. The predicted molar refractivity (Wildman–Crippen MR) is 72.4 cm³/mol. The van der Waals surface area contributed by atoms with Gasteiger partial charge in [-0.25, -0.2) is 4.68 Å². The van der Waals surface area contributed by atoms with E-state index in [1.807, 2.05) is 32.4 Å². The van der Waals surface area contributed by atoms with Crippen molar-refractivity contribution in [2.45, 2.75) is 45.3 Å². The number of hydrogen-bond acceptors (Lipinski definition) is 2. The molecule has 5 heteroatoms. The summed E-state index contributed by atoms with van der Waals surface area (Å²) in [4.78, 5) is 4.19. The first-order valence-corrected chi connectivity index (χ1v) is 6.27. The largest absolute Gasteiger partial charge is 0.336 e. The van der Waals surface area contributed by atoms with Crippen molar-refractivity contribution in [1.82, 2.24) is 9.24 Å². The highest BCUT2D eigenvalue weighted by Crippen LogP contribution is 2.32. The van der Waals surface area contributed by atoms with E-state index in [-0.39, 0.29) is 5.31 Å². The van der Waals surface area contributed by atoms with Crippen molar-refractivity contribution in [3.8, 4) is 0 Å². The van der Waals surface area contributed by atoms with Crippen molar-refractivity contribution in [2.75, 3.05) is 12.9 Å². The minimum absolute atomic E-state index is 0.330. The van der Waals surface area contributed by atoms with E-state index in [9.17, 15) is 0 Å². The fourth-order valence-electron chi connectivity index (χ4n) is 2.57. The highest BCUT2D eigenvalue weighted by molar-refractivity contribution is 6.15. The van der Waals surface area contributed by atoms with Crippen molar-refractivity contribution in [3.05, 3.63) is 17.0 Å². The first-order chi connectivity index (χ1) is 7.99. The lowest BCUT2D eigenvalue weighted by atomic mass is 9.62. The fraction of sp³-hybridized carbons (Fsp3) is 0.750. The number of hydrogen-bond donors (Lipinski definition) is 1. The van der Waals surface area contributed by atoms with Crippen LogP contribution in [0.15, 0.2) is 4.99 Å². The van der Waals surface area contributed by atoms with Gasteiger partial charge in [-0.15, -0.1) is 0 Å². The molecule has 1 aliphatic rings. The van der Waals surface area contributed by atoms with E-state index in [2.05, 4.69) is 4.99 Å². The molecule has 94 valence electrons. The van der Waals surface area contributed by atoms with Gasteiger partial charge in [-0.1, -0.05) is 20.8 Å². The molecule has 0 saturated heterocycles. The van der Waals surface area contributed by atoms with Crippen LogP contribution in [-0.2, 0) is 18.8 Å². The third-order valence-corrected chi connectivity index (χ3v) is 3.29. The Morgan fingerprint density at radius 3 is 2.47 bits per heavy atom. The van der Waals surface area contributed by atoms with Crippen molar-refractivity contribution in [3.63, 3.8) is 0 Å². The molecule has 1 aromatic rings. The van der Waals surface area contributed by atoms with Crippen LogP contribution in [0.4, 0.5) is 0 Å². The minimum Gasteiger partial charge on any atom is -0.336 e. The Bertz CT molecular complexity index is 454. The van der Waals surface area contributed by atoms with Crippen LogP contribution in [0.3, 0.4) is 0 Å². The van der Waals surface area contributed by atoms with Crippen molar-refractivity contribution in [2.24, 2.45) is 12.0 Å². The third kappa shape index (κ3) is 2.15. The zero-order chi connectivity index (χ0) is 13.2. The van der Waals surface area contributed by atoms with Gasteiger partial charge < -0.3 is 10.4 Å². The number of nitrogens with two attached hydrogens (primary N) is 1. The summed E-state index contributed by atoms with van der Waals surface area (Å²) in [6.45, 7) is 6.04. The van der Waals surface area contributed by atoms with Gasteiger partial charge in [-0.2, -0.15) is 0 Å². The molecule has 2 radical (unpaired) electrons. The zero-order valence-electron chi connectivity index (χ0n) is 11.6. The lowest BCUT2D eigenvalue weighted by Crippen LogP contribution is -2.36. The molecule has 0 fully saturated rings. The Morgan fingerprint density at radius 2 is 2.00 bits per heavy atom. The number of fused-ring (bicyclic) bond motifs is 1. The van der Waals surface area contributed by atoms with E-state index in [0.29, 0.717) is 0 Å². The molecule has 1 aromatic heterocycles. The van der Waals surface area contributed by atoms with Gasteiger partial charge in [0.2, 0.25) is 5.62 Å². The molecule has 4 nitrogen and oxygen atoms in total. The quantitative estimate of drug-likeness (QED) is 0.524. The molecular weight excluding hydrogens is 211 g/mol. The monoisotopic (exact) mass is 234 g/mol. The summed E-state index contributed by atoms with van der Waals surface area (Å²) in [6, 6.07) is 0. The van der Waals surface area contributed by atoms with Gasteiger partial charge in [0.25, 0.3) is 0 Å². The van der Waals surface area contributed by atoms with Crippen molar-refractivity contribution < 1.29 is 0 Å². The smallest absolute Gasteiger partial charge is 0.223 e. The Kier molecular flexibility index (Phi) is 4.12. The fourth-order valence-corrected chi connectivity index (χ4v) is 2.57. The number of imidazole rings is 1. The van der Waals surface area contributed by atoms with Gasteiger partial charge in [0, 0.05) is 19.8 Å². The Labute approximate surface area is 105 Å². The van der Waals surface area contributed by atoms with Gasteiger partial charge in [-0.3, -0.25) is 4.99 Å². The Morgan fingerprint density at radius 1 is 1.41 bits per heavy atom. The van der Waals surface area contributed by atoms with Gasteiger partial charge in [0.05, 0.1) is 13.5 Å². The normalized spacial score (nSPS) is 23.9. The second kappa shape index (κ2) is 5.02. The summed E-state index contributed by atoms with van der Waals surface area (Å²) in [5, 5.41) is -0.330. The van der Waals surface area contributed by atoms with Gasteiger partial charge >= 0.3 is 0 Å². The van der Waals surface area contributed by atoms with Crippen molar-refractivity contribution in [1.29, 1.82) is 0 Å². The Hall–Kier alpha value is -1.13. The maximum absolute atomic E-state index is 6.27. The van der Waals surface area contributed by atoms with Crippen LogP contribution >= 0.6 is 0 Å². The molecule has 0 aliphatic heterocycles. The molecule has 1 aliphatic carbocycles. The molecule has 0 saturated carbocycles. The first-order valence-electron chi connectivity index (χ1n) is 6.27. The van der Waals surface area contributed by atoms with Gasteiger partial charge in [0.1, 0.15) is 0 Å². The van der Waals surface area contributed by atoms with Gasteiger partial charge in [-0.05, 0) is 24.6 Å². The number of nitrogens with zero attached hydrogens (tertiary/aromatic N) is 3. The standard InChI is InChI=1S/C10H17BN4.C2H6/c1-10(11)6-4-5-7-8(10)15(12)9(13-2)14(7)3;1-2/h4-6,12H2,1-3H3;1-2H3. The lowest BCUT2D eigenvalue weighted by Gasteiger charge is -2.31. The lowest BCUT2D eigenvalue weighted by molar-refractivity contribution is 0.500. The second-order valence-electron chi connectivity index (χ2n) is 4.52. The van der Waals surface area contributed by atoms with E-state index in [4.69, 9.17) is 13.7 Å². The summed E-state index contributed by atoms with van der Waals surface area (Å²) >= 11 is 0. The van der Waals surface area contributed by atoms with Crippen LogP contribution in [-0.4, -0.2) is 24.1 Å².